The van der Waals surface area contributed by atoms with Gasteiger partial charge in [-0.05, 0) is 18.3 Å². The molecule has 1 rings (SSSR count). The van der Waals surface area contributed by atoms with Crippen LogP contribution < -0.4 is 0 Å². The van der Waals surface area contributed by atoms with Crippen LogP contribution in [0.4, 0.5) is 0 Å². The van der Waals surface area contributed by atoms with Crippen molar-refractivity contribution in [2.45, 2.75) is 32.6 Å². The van der Waals surface area contributed by atoms with Crippen molar-refractivity contribution in [3.8, 4) is 12.3 Å². The molecule has 1 saturated carbocycles. The molecule has 0 heteroatoms. The average molecular weight is 122 g/mol. The van der Waals surface area contributed by atoms with Crippen LogP contribution in [0.25, 0.3) is 0 Å². The van der Waals surface area contributed by atoms with Gasteiger partial charge in [0.15, 0.2) is 0 Å². The van der Waals surface area contributed by atoms with E-state index in [9.17, 15) is 0 Å². The van der Waals surface area contributed by atoms with Crippen LogP contribution in [0.3, 0.4) is 0 Å². The fraction of sp³-hybridized carbons (Fsp3) is 0.778. The summed E-state index contributed by atoms with van der Waals surface area (Å²) >= 11 is 0. The summed E-state index contributed by atoms with van der Waals surface area (Å²) in [6, 6.07) is 0. The quantitative estimate of drug-likeness (QED) is 0.469. The highest BCUT2D eigenvalue weighted by molar-refractivity contribution is 4.90. The Kier molecular flexibility index (Phi) is 2.16. The monoisotopic (exact) mass is 122 g/mol. The Hall–Kier alpha value is -0.440. The predicted octanol–water partition coefficient (Wildman–Crippen LogP) is 2.45. The van der Waals surface area contributed by atoms with Crippen LogP contribution in [-0.2, 0) is 0 Å². The van der Waals surface area contributed by atoms with E-state index in [-0.39, 0.29) is 0 Å². The third-order valence-electron chi connectivity index (χ3n) is 2.42. The van der Waals surface area contributed by atoms with Crippen molar-refractivity contribution in [1.82, 2.24) is 0 Å². The molecule has 0 aliphatic heterocycles. The fourth-order valence-corrected chi connectivity index (χ4v) is 1.68. The second-order valence-electron chi connectivity index (χ2n) is 3.08. The lowest BCUT2D eigenvalue weighted by atomic mass is 9.95. The molecule has 0 N–H and O–H groups in total. The standard InChI is InChI=1S/C9H14/c1-3-5-9-7-4-6-8(9)2/h1,8-9H,4-7H2,2H3. The van der Waals surface area contributed by atoms with Gasteiger partial charge < -0.3 is 0 Å². The smallest absolute Gasteiger partial charge is 0.0117 e. The van der Waals surface area contributed by atoms with E-state index in [1.165, 1.54) is 19.3 Å². The minimum absolute atomic E-state index is 0.843. The van der Waals surface area contributed by atoms with E-state index >= 15 is 0 Å². The molecule has 2 unspecified atom stereocenters. The lowest BCUT2D eigenvalue weighted by Gasteiger charge is -2.09. The maximum Gasteiger partial charge on any atom is 0.0117 e. The highest BCUT2D eigenvalue weighted by Crippen LogP contribution is 2.32. The van der Waals surface area contributed by atoms with Crippen LogP contribution >= 0.6 is 0 Å². The summed E-state index contributed by atoms with van der Waals surface area (Å²) in [5.74, 6) is 4.47. The lowest BCUT2D eigenvalue weighted by molar-refractivity contribution is 0.429. The molecule has 0 nitrogen and oxygen atoms in total. The Morgan fingerprint density at radius 1 is 1.56 bits per heavy atom. The van der Waals surface area contributed by atoms with Gasteiger partial charge in [-0.3, -0.25) is 0 Å². The molecule has 0 bridgehead atoms. The molecule has 0 saturated heterocycles. The topological polar surface area (TPSA) is 0 Å². The third-order valence-corrected chi connectivity index (χ3v) is 2.42. The van der Waals surface area contributed by atoms with Crippen molar-refractivity contribution in [3.05, 3.63) is 0 Å². The summed E-state index contributed by atoms with van der Waals surface area (Å²) in [5, 5.41) is 0. The van der Waals surface area contributed by atoms with Crippen molar-refractivity contribution in [2.24, 2.45) is 11.8 Å². The van der Waals surface area contributed by atoms with Crippen LogP contribution in [0, 0.1) is 24.2 Å². The molecule has 0 radical (unpaired) electrons. The van der Waals surface area contributed by atoms with E-state index in [2.05, 4.69) is 12.8 Å². The second kappa shape index (κ2) is 2.92. The van der Waals surface area contributed by atoms with E-state index in [1.54, 1.807) is 0 Å². The first kappa shape index (κ1) is 6.68. The van der Waals surface area contributed by atoms with Gasteiger partial charge in [0.1, 0.15) is 0 Å². The van der Waals surface area contributed by atoms with E-state index < -0.39 is 0 Å². The lowest BCUT2D eigenvalue weighted by Crippen LogP contribution is -2.01. The van der Waals surface area contributed by atoms with Crippen molar-refractivity contribution in [2.75, 3.05) is 0 Å². The summed E-state index contributed by atoms with van der Waals surface area (Å²) in [6.07, 6.45) is 10.4. The number of hydrogen-bond acceptors (Lipinski definition) is 0. The molecule has 50 valence electrons. The van der Waals surface area contributed by atoms with Gasteiger partial charge in [-0.1, -0.05) is 19.8 Å². The van der Waals surface area contributed by atoms with Gasteiger partial charge in [-0.2, -0.15) is 0 Å². The zero-order chi connectivity index (χ0) is 6.69. The minimum Gasteiger partial charge on any atom is -0.120 e. The fourth-order valence-electron chi connectivity index (χ4n) is 1.68. The molecule has 1 fully saturated rings. The largest absolute Gasteiger partial charge is 0.120 e. The molecule has 1 aliphatic rings. The maximum atomic E-state index is 5.22. The van der Waals surface area contributed by atoms with E-state index in [1.807, 2.05) is 0 Å². The van der Waals surface area contributed by atoms with E-state index in [4.69, 9.17) is 6.42 Å². The maximum absolute atomic E-state index is 5.22. The van der Waals surface area contributed by atoms with Gasteiger partial charge in [0.25, 0.3) is 0 Å². The van der Waals surface area contributed by atoms with Gasteiger partial charge in [0.05, 0.1) is 0 Å². The molecule has 0 heterocycles. The first-order chi connectivity index (χ1) is 4.34. The minimum atomic E-state index is 0.843. The number of hydrogen-bond donors (Lipinski definition) is 0. The molecule has 0 aromatic carbocycles. The Labute approximate surface area is 57.7 Å². The van der Waals surface area contributed by atoms with Gasteiger partial charge in [0.2, 0.25) is 0 Å². The van der Waals surface area contributed by atoms with Gasteiger partial charge in [-0.25, -0.2) is 0 Å². The average Bonchev–Trinajstić information content (AvgIpc) is 2.18. The summed E-state index contributed by atoms with van der Waals surface area (Å²) in [7, 11) is 0. The molecule has 2 atom stereocenters. The van der Waals surface area contributed by atoms with Crippen LogP contribution in [0.2, 0.25) is 0 Å². The van der Waals surface area contributed by atoms with Gasteiger partial charge in [-0.15, -0.1) is 12.3 Å². The summed E-state index contributed by atoms with van der Waals surface area (Å²) in [4.78, 5) is 0. The predicted molar refractivity (Wildman–Crippen MR) is 40.0 cm³/mol. The van der Waals surface area contributed by atoms with Crippen molar-refractivity contribution >= 4 is 0 Å². The van der Waals surface area contributed by atoms with Crippen LogP contribution in [-0.4, -0.2) is 0 Å². The molecule has 1 aliphatic carbocycles. The number of terminal acetylenes is 1. The Bertz CT molecular complexity index is 118. The highest BCUT2D eigenvalue weighted by atomic mass is 14.3. The van der Waals surface area contributed by atoms with E-state index in [0.29, 0.717) is 0 Å². The third kappa shape index (κ3) is 1.48. The van der Waals surface area contributed by atoms with Crippen LogP contribution in [0.15, 0.2) is 0 Å². The van der Waals surface area contributed by atoms with Gasteiger partial charge in [0, 0.05) is 6.42 Å². The zero-order valence-electron chi connectivity index (χ0n) is 6.06. The molecule has 0 amide bonds. The summed E-state index contributed by atoms with van der Waals surface area (Å²) in [5.41, 5.74) is 0. The number of rotatable bonds is 1. The van der Waals surface area contributed by atoms with Crippen molar-refractivity contribution in [3.63, 3.8) is 0 Å². The summed E-state index contributed by atoms with van der Waals surface area (Å²) in [6.45, 7) is 2.31. The SMILES string of the molecule is C#CCC1CCCC1C. The Morgan fingerprint density at radius 2 is 2.33 bits per heavy atom. The second-order valence-corrected chi connectivity index (χ2v) is 3.08. The molecule has 0 aromatic heterocycles. The molecule has 9 heavy (non-hydrogen) atoms. The van der Waals surface area contributed by atoms with Crippen LogP contribution in [0.1, 0.15) is 32.6 Å². The molecular weight excluding hydrogens is 108 g/mol. The molecule has 0 spiro atoms. The normalized spacial score (nSPS) is 34.2. The van der Waals surface area contributed by atoms with Crippen LogP contribution in [0.5, 0.6) is 0 Å². The first-order valence-corrected chi connectivity index (χ1v) is 3.78. The van der Waals surface area contributed by atoms with Gasteiger partial charge >= 0.3 is 0 Å². The zero-order valence-corrected chi connectivity index (χ0v) is 6.06. The molecular formula is C9H14. The van der Waals surface area contributed by atoms with Crippen molar-refractivity contribution < 1.29 is 0 Å². The summed E-state index contributed by atoms with van der Waals surface area (Å²) < 4.78 is 0. The van der Waals surface area contributed by atoms with E-state index in [0.717, 1.165) is 18.3 Å². The highest BCUT2D eigenvalue weighted by Gasteiger charge is 2.21. The van der Waals surface area contributed by atoms with Crippen molar-refractivity contribution in [1.29, 1.82) is 0 Å². The Morgan fingerprint density at radius 3 is 2.78 bits per heavy atom. The Balaban J connectivity index is 2.33. The molecule has 0 aromatic rings. The first-order valence-electron chi connectivity index (χ1n) is 3.78.